The van der Waals surface area contributed by atoms with E-state index in [9.17, 15) is 0 Å². The topological polar surface area (TPSA) is 48.7 Å². The van der Waals surface area contributed by atoms with Gasteiger partial charge in [-0.25, -0.2) is 9.50 Å². The van der Waals surface area contributed by atoms with E-state index >= 15 is 0 Å². The van der Waals surface area contributed by atoms with Crippen LogP contribution in [-0.2, 0) is 11.3 Å². The summed E-state index contributed by atoms with van der Waals surface area (Å²) in [6.07, 6.45) is 1.94. The number of ether oxygens (including phenoxy) is 2. The SMILES string of the molecule is CCOCc1nn2ccc(C)nc2c1-c1ccc(Sc2ccccc2)c(OC)c1. The molecule has 2 aromatic heterocycles. The van der Waals surface area contributed by atoms with Crippen LogP contribution in [0, 0.1) is 6.92 Å². The van der Waals surface area contributed by atoms with Crippen LogP contribution in [0.5, 0.6) is 5.75 Å². The van der Waals surface area contributed by atoms with Crippen molar-refractivity contribution in [2.24, 2.45) is 0 Å². The summed E-state index contributed by atoms with van der Waals surface area (Å²) in [6.45, 7) is 5.04. The molecule has 0 aliphatic heterocycles. The van der Waals surface area contributed by atoms with E-state index in [1.165, 1.54) is 4.90 Å². The third-order valence-electron chi connectivity index (χ3n) is 4.56. The molecule has 0 aliphatic rings. The minimum Gasteiger partial charge on any atom is -0.496 e. The summed E-state index contributed by atoms with van der Waals surface area (Å²) in [5, 5.41) is 4.70. The van der Waals surface area contributed by atoms with Gasteiger partial charge in [-0.05, 0) is 49.7 Å². The van der Waals surface area contributed by atoms with Gasteiger partial charge < -0.3 is 9.47 Å². The minimum absolute atomic E-state index is 0.442. The molecule has 0 aliphatic carbocycles. The Morgan fingerprint density at radius 3 is 2.66 bits per heavy atom. The van der Waals surface area contributed by atoms with E-state index in [0.717, 1.165) is 38.8 Å². The molecule has 0 spiro atoms. The van der Waals surface area contributed by atoms with Crippen LogP contribution in [0.1, 0.15) is 18.3 Å². The Morgan fingerprint density at radius 2 is 1.90 bits per heavy atom. The number of fused-ring (bicyclic) bond motifs is 1. The maximum atomic E-state index is 5.71. The molecular weight excluding hydrogens is 382 g/mol. The van der Waals surface area contributed by atoms with Crippen LogP contribution in [0.25, 0.3) is 16.8 Å². The van der Waals surface area contributed by atoms with E-state index in [2.05, 4.69) is 30.3 Å². The molecule has 4 rings (SSSR count). The van der Waals surface area contributed by atoms with Gasteiger partial charge in [-0.2, -0.15) is 5.10 Å². The van der Waals surface area contributed by atoms with Crippen LogP contribution < -0.4 is 4.74 Å². The highest BCUT2D eigenvalue weighted by Crippen LogP contribution is 2.39. The van der Waals surface area contributed by atoms with Crippen molar-refractivity contribution in [3.8, 4) is 16.9 Å². The third-order valence-corrected chi connectivity index (χ3v) is 5.63. The van der Waals surface area contributed by atoms with E-state index in [-0.39, 0.29) is 0 Å². The highest BCUT2D eigenvalue weighted by molar-refractivity contribution is 7.99. The normalized spacial score (nSPS) is 11.1. The number of hydrogen-bond donors (Lipinski definition) is 0. The number of benzene rings is 2. The summed E-state index contributed by atoms with van der Waals surface area (Å²) in [4.78, 5) is 6.96. The predicted molar refractivity (Wildman–Crippen MR) is 116 cm³/mol. The van der Waals surface area contributed by atoms with Gasteiger partial charge in [0.25, 0.3) is 0 Å². The van der Waals surface area contributed by atoms with Gasteiger partial charge in [-0.3, -0.25) is 0 Å². The van der Waals surface area contributed by atoms with Crippen LogP contribution in [0.4, 0.5) is 0 Å². The van der Waals surface area contributed by atoms with Crippen molar-refractivity contribution < 1.29 is 9.47 Å². The number of methoxy groups -OCH3 is 1. The van der Waals surface area contributed by atoms with Crippen LogP contribution >= 0.6 is 11.8 Å². The molecule has 0 saturated heterocycles. The van der Waals surface area contributed by atoms with E-state index in [0.29, 0.717) is 13.2 Å². The molecule has 4 aromatic rings. The zero-order chi connectivity index (χ0) is 20.2. The summed E-state index contributed by atoms with van der Waals surface area (Å²) in [5.74, 6) is 0.825. The average molecular weight is 406 g/mol. The Hall–Kier alpha value is -2.83. The van der Waals surface area contributed by atoms with Crippen LogP contribution in [-0.4, -0.2) is 28.3 Å². The van der Waals surface area contributed by atoms with Crippen molar-refractivity contribution in [1.82, 2.24) is 14.6 Å². The molecule has 0 N–H and O–H groups in total. The number of nitrogens with zero attached hydrogens (tertiary/aromatic N) is 3. The first kappa shape index (κ1) is 19.5. The second-order valence-corrected chi connectivity index (χ2v) is 7.69. The quantitative estimate of drug-likeness (QED) is 0.412. The molecule has 0 unspecified atom stereocenters. The van der Waals surface area contributed by atoms with E-state index in [1.54, 1.807) is 18.9 Å². The van der Waals surface area contributed by atoms with E-state index < -0.39 is 0 Å². The number of aromatic nitrogens is 3. The molecule has 5 nitrogen and oxygen atoms in total. The van der Waals surface area contributed by atoms with Crippen molar-refractivity contribution in [3.63, 3.8) is 0 Å². The molecule has 0 saturated carbocycles. The lowest BCUT2D eigenvalue weighted by molar-refractivity contribution is 0.131. The Balaban J connectivity index is 1.79. The Labute approximate surface area is 174 Å². The fourth-order valence-corrected chi connectivity index (χ4v) is 4.11. The first-order valence-electron chi connectivity index (χ1n) is 9.53. The van der Waals surface area contributed by atoms with Crippen molar-refractivity contribution in [2.45, 2.75) is 30.2 Å². The fourth-order valence-electron chi connectivity index (χ4n) is 3.18. The molecule has 29 heavy (non-hydrogen) atoms. The summed E-state index contributed by atoms with van der Waals surface area (Å²) >= 11 is 1.68. The Kier molecular flexibility index (Phi) is 5.83. The number of aryl methyl sites for hydroxylation is 1. The molecule has 0 amide bonds. The molecule has 0 bridgehead atoms. The smallest absolute Gasteiger partial charge is 0.163 e. The highest BCUT2D eigenvalue weighted by Gasteiger charge is 2.18. The van der Waals surface area contributed by atoms with E-state index in [4.69, 9.17) is 19.6 Å². The number of rotatable bonds is 7. The lowest BCUT2D eigenvalue weighted by Crippen LogP contribution is -1.95. The van der Waals surface area contributed by atoms with Gasteiger partial charge in [0.15, 0.2) is 5.65 Å². The maximum Gasteiger partial charge on any atom is 0.163 e. The van der Waals surface area contributed by atoms with E-state index in [1.807, 2.05) is 48.8 Å². The lowest BCUT2D eigenvalue weighted by atomic mass is 10.1. The van der Waals surface area contributed by atoms with Gasteiger partial charge in [0, 0.05) is 23.4 Å². The highest BCUT2D eigenvalue weighted by atomic mass is 32.2. The lowest BCUT2D eigenvalue weighted by Gasteiger charge is -2.11. The third kappa shape index (κ3) is 4.13. The van der Waals surface area contributed by atoms with Crippen molar-refractivity contribution in [1.29, 1.82) is 0 Å². The zero-order valence-electron chi connectivity index (χ0n) is 16.8. The van der Waals surface area contributed by atoms with Crippen molar-refractivity contribution in [2.75, 3.05) is 13.7 Å². The monoisotopic (exact) mass is 405 g/mol. The Bertz CT molecular complexity index is 1130. The van der Waals surface area contributed by atoms with Gasteiger partial charge in [0.2, 0.25) is 0 Å². The van der Waals surface area contributed by atoms with Gasteiger partial charge in [-0.15, -0.1) is 0 Å². The molecule has 2 heterocycles. The second kappa shape index (κ2) is 8.68. The summed E-state index contributed by atoms with van der Waals surface area (Å²) in [7, 11) is 1.70. The van der Waals surface area contributed by atoms with Crippen molar-refractivity contribution >= 4 is 17.4 Å². The maximum absolute atomic E-state index is 5.71. The summed E-state index contributed by atoms with van der Waals surface area (Å²) in [5.41, 5.74) is 4.64. The van der Waals surface area contributed by atoms with Crippen LogP contribution in [0.15, 0.2) is 70.6 Å². The molecule has 6 heteroatoms. The van der Waals surface area contributed by atoms with Crippen LogP contribution in [0.2, 0.25) is 0 Å². The molecule has 0 atom stereocenters. The van der Waals surface area contributed by atoms with Gasteiger partial charge in [0.05, 0.1) is 29.9 Å². The minimum atomic E-state index is 0.442. The molecule has 0 fully saturated rings. The second-order valence-electron chi connectivity index (χ2n) is 6.58. The summed E-state index contributed by atoms with van der Waals surface area (Å²) < 4.78 is 13.2. The molecule has 2 aromatic carbocycles. The van der Waals surface area contributed by atoms with Crippen molar-refractivity contribution in [3.05, 3.63) is 72.2 Å². The number of hydrogen-bond acceptors (Lipinski definition) is 5. The molecular formula is C23H23N3O2S. The first-order valence-corrected chi connectivity index (χ1v) is 10.3. The first-order chi connectivity index (χ1) is 14.2. The molecule has 148 valence electrons. The largest absolute Gasteiger partial charge is 0.496 e. The van der Waals surface area contributed by atoms with Gasteiger partial charge >= 0.3 is 0 Å². The zero-order valence-corrected chi connectivity index (χ0v) is 17.6. The molecule has 0 radical (unpaired) electrons. The summed E-state index contributed by atoms with van der Waals surface area (Å²) in [6, 6.07) is 18.5. The van der Waals surface area contributed by atoms with Gasteiger partial charge in [-0.1, -0.05) is 36.0 Å². The standard InChI is InChI=1S/C23H23N3O2S/c1-4-28-15-19-22(23-24-16(2)12-13-26(23)25-19)17-10-11-21(20(14-17)27-3)29-18-8-6-5-7-9-18/h5-14H,4,15H2,1-3H3. The average Bonchev–Trinajstić information content (AvgIpc) is 3.10. The van der Waals surface area contributed by atoms with Gasteiger partial charge in [0.1, 0.15) is 5.75 Å². The fraction of sp³-hybridized carbons (Fsp3) is 0.217. The predicted octanol–water partition coefficient (Wildman–Crippen LogP) is 5.40. The van der Waals surface area contributed by atoms with Crippen LogP contribution in [0.3, 0.4) is 0 Å². The Morgan fingerprint density at radius 1 is 1.07 bits per heavy atom.